The van der Waals surface area contributed by atoms with Crippen molar-refractivity contribution in [1.82, 2.24) is 4.98 Å². The fourth-order valence-electron chi connectivity index (χ4n) is 1.61. The largest absolute Gasteiger partial charge is 0.392 e. The molecule has 0 fully saturated rings. The number of rotatable bonds is 6. The van der Waals surface area contributed by atoms with Gasteiger partial charge in [0.25, 0.3) is 0 Å². The molecule has 1 aromatic rings. The summed E-state index contributed by atoms with van der Waals surface area (Å²) < 4.78 is 0. The minimum atomic E-state index is 0.0849. The minimum Gasteiger partial charge on any atom is -0.392 e. The molecule has 0 bridgehead atoms. The zero-order valence-electron chi connectivity index (χ0n) is 9.61. The van der Waals surface area contributed by atoms with E-state index < -0.39 is 0 Å². The molecule has 0 aliphatic rings. The van der Waals surface area contributed by atoms with Gasteiger partial charge in [-0.25, -0.2) is 4.98 Å². The highest BCUT2D eigenvalue weighted by Gasteiger charge is 2.05. The Morgan fingerprint density at radius 3 is 2.47 bits per heavy atom. The molecule has 0 radical (unpaired) electrons. The number of aromatic nitrogens is 1. The Morgan fingerprint density at radius 2 is 1.93 bits per heavy atom. The molecule has 0 atom stereocenters. The third kappa shape index (κ3) is 3.51. The van der Waals surface area contributed by atoms with E-state index in [2.05, 4.69) is 23.7 Å². The molecule has 1 rings (SSSR count). The van der Waals surface area contributed by atoms with E-state index in [-0.39, 0.29) is 6.61 Å². The van der Waals surface area contributed by atoms with E-state index in [1.54, 1.807) is 6.20 Å². The van der Waals surface area contributed by atoms with Crippen LogP contribution in [-0.2, 0) is 6.61 Å². The van der Waals surface area contributed by atoms with Gasteiger partial charge >= 0.3 is 0 Å². The van der Waals surface area contributed by atoms with E-state index in [1.807, 2.05) is 12.1 Å². The van der Waals surface area contributed by atoms with Crippen LogP contribution in [0.1, 0.15) is 32.3 Å². The molecule has 84 valence electrons. The van der Waals surface area contributed by atoms with E-state index >= 15 is 0 Å². The quantitative estimate of drug-likeness (QED) is 0.778. The molecule has 0 aliphatic carbocycles. The summed E-state index contributed by atoms with van der Waals surface area (Å²) in [6, 6.07) is 3.81. The van der Waals surface area contributed by atoms with Gasteiger partial charge in [-0.05, 0) is 30.5 Å². The van der Waals surface area contributed by atoms with Crippen LogP contribution in [0.2, 0.25) is 0 Å². The Bertz CT molecular complexity index is 283. The van der Waals surface area contributed by atoms with Crippen LogP contribution in [0.25, 0.3) is 0 Å². The lowest BCUT2D eigenvalue weighted by molar-refractivity contribution is 0.281. The topological polar surface area (TPSA) is 36.4 Å². The second kappa shape index (κ2) is 6.40. The highest BCUT2D eigenvalue weighted by molar-refractivity contribution is 5.40. The lowest BCUT2D eigenvalue weighted by Crippen LogP contribution is -2.25. The molecular weight excluding hydrogens is 188 g/mol. The average Bonchev–Trinajstić information content (AvgIpc) is 2.29. The van der Waals surface area contributed by atoms with Crippen molar-refractivity contribution in [2.75, 3.05) is 18.0 Å². The molecule has 15 heavy (non-hydrogen) atoms. The van der Waals surface area contributed by atoms with Crippen molar-refractivity contribution >= 4 is 5.82 Å². The van der Waals surface area contributed by atoms with E-state index in [0.717, 1.165) is 37.3 Å². The molecular formula is C12H20N2O. The van der Waals surface area contributed by atoms with Crippen molar-refractivity contribution in [3.63, 3.8) is 0 Å². The van der Waals surface area contributed by atoms with Gasteiger partial charge in [0, 0.05) is 19.3 Å². The van der Waals surface area contributed by atoms with Crippen molar-refractivity contribution < 1.29 is 5.11 Å². The zero-order chi connectivity index (χ0) is 11.1. The fraction of sp³-hybridized carbons (Fsp3) is 0.583. The van der Waals surface area contributed by atoms with Crippen molar-refractivity contribution in [2.24, 2.45) is 0 Å². The second-order valence-corrected chi connectivity index (χ2v) is 3.67. The third-order valence-electron chi connectivity index (χ3n) is 2.30. The predicted octanol–water partition coefficient (Wildman–Crippen LogP) is 2.20. The Kier molecular flexibility index (Phi) is 5.12. The van der Waals surface area contributed by atoms with Crippen LogP contribution in [0.5, 0.6) is 0 Å². The molecule has 0 spiro atoms. The van der Waals surface area contributed by atoms with E-state index in [1.165, 1.54) is 0 Å². The van der Waals surface area contributed by atoms with Crippen molar-refractivity contribution in [3.8, 4) is 0 Å². The number of hydrogen-bond donors (Lipinski definition) is 1. The maximum Gasteiger partial charge on any atom is 0.128 e. The standard InChI is InChI=1S/C12H20N2O/c1-3-7-14(8-4-2)12-9-11(10-15)5-6-13-12/h5-6,9,15H,3-4,7-8,10H2,1-2H3. The predicted molar refractivity (Wildman–Crippen MR) is 63.0 cm³/mol. The van der Waals surface area contributed by atoms with Crippen LogP contribution in [0.3, 0.4) is 0 Å². The van der Waals surface area contributed by atoms with Gasteiger partial charge in [-0.3, -0.25) is 0 Å². The minimum absolute atomic E-state index is 0.0849. The summed E-state index contributed by atoms with van der Waals surface area (Å²) in [5.74, 6) is 0.977. The van der Waals surface area contributed by atoms with Gasteiger partial charge in [-0.15, -0.1) is 0 Å². The summed E-state index contributed by atoms with van der Waals surface area (Å²) >= 11 is 0. The Hall–Kier alpha value is -1.09. The number of pyridine rings is 1. The summed E-state index contributed by atoms with van der Waals surface area (Å²) in [6.45, 7) is 6.46. The molecule has 0 aromatic carbocycles. The highest BCUT2D eigenvalue weighted by Crippen LogP contribution is 2.13. The van der Waals surface area contributed by atoms with E-state index in [9.17, 15) is 0 Å². The number of anilines is 1. The van der Waals surface area contributed by atoms with Crippen molar-refractivity contribution in [1.29, 1.82) is 0 Å². The molecule has 1 N–H and O–H groups in total. The Balaban J connectivity index is 2.79. The van der Waals surface area contributed by atoms with Gasteiger partial charge in [-0.1, -0.05) is 13.8 Å². The summed E-state index contributed by atoms with van der Waals surface area (Å²) in [6.07, 6.45) is 4.00. The number of nitrogens with zero attached hydrogens (tertiary/aromatic N) is 2. The number of aliphatic hydroxyl groups excluding tert-OH is 1. The van der Waals surface area contributed by atoms with Crippen molar-refractivity contribution in [2.45, 2.75) is 33.3 Å². The van der Waals surface area contributed by atoms with Gasteiger partial charge in [0.15, 0.2) is 0 Å². The molecule has 0 saturated carbocycles. The van der Waals surface area contributed by atoms with Gasteiger partial charge < -0.3 is 10.0 Å². The summed E-state index contributed by atoms with van der Waals surface area (Å²) in [7, 11) is 0. The molecule has 0 unspecified atom stereocenters. The number of aliphatic hydroxyl groups is 1. The van der Waals surface area contributed by atoms with Gasteiger partial charge in [-0.2, -0.15) is 0 Å². The highest BCUT2D eigenvalue weighted by atomic mass is 16.3. The first-order valence-electron chi connectivity index (χ1n) is 5.62. The van der Waals surface area contributed by atoms with Crippen LogP contribution in [-0.4, -0.2) is 23.2 Å². The lowest BCUT2D eigenvalue weighted by atomic mass is 10.2. The summed E-state index contributed by atoms with van der Waals surface area (Å²) in [5, 5.41) is 9.06. The maximum absolute atomic E-state index is 9.06. The SMILES string of the molecule is CCCN(CCC)c1cc(CO)ccn1. The molecule has 3 heteroatoms. The molecule has 0 saturated heterocycles. The first kappa shape index (κ1) is 12.0. The van der Waals surface area contributed by atoms with E-state index in [4.69, 9.17) is 5.11 Å². The molecule has 1 heterocycles. The summed E-state index contributed by atoms with van der Waals surface area (Å²) in [4.78, 5) is 6.60. The van der Waals surface area contributed by atoms with Crippen LogP contribution >= 0.6 is 0 Å². The molecule has 0 aliphatic heterocycles. The number of hydrogen-bond acceptors (Lipinski definition) is 3. The van der Waals surface area contributed by atoms with Gasteiger partial charge in [0.1, 0.15) is 5.82 Å². The first-order valence-corrected chi connectivity index (χ1v) is 5.62. The van der Waals surface area contributed by atoms with Gasteiger partial charge in [0.2, 0.25) is 0 Å². The van der Waals surface area contributed by atoms with Crippen LogP contribution in [0.15, 0.2) is 18.3 Å². The monoisotopic (exact) mass is 208 g/mol. The Labute approximate surface area is 91.8 Å². The van der Waals surface area contributed by atoms with Gasteiger partial charge in [0.05, 0.1) is 6.61 Å². The summed E-state index contributed by atoms with van der Waals surface area (Å²) in [5.41, 5.74) is 0.928. The van der Waals surface area contributed by atoms with Crippen LogP contribution in [0.4, 0.5) is 5.82 Å². The second-order valence-electron chi connectivity index (χ2n) is 3.67. The lowest BCUT2D eigenvalue weighted by Gasteiger charge is -2.22. The van der Waals surface area contributed by atoms with E-state index in [0.29, 0.717) is 0 Å². The normalized spacial score (nSPS) is 10.3. The van der Waals surface area contributed by atoms with Crippen LogP contribution < -0.4 is 4.90 Å². The zero-order valence-corrected chi connectivity index (χ0v) is 9.61. The molecule has 0 amide bonds. The molecule has 1 aromatic heterocycles. The fourth-order valence-corrected chi connectivity index (χ4v) is 1.61. The molecule has 3 nitrogen and oxygen atoms in total. The van der Waals surface area contributed by atoms with Crippen molar-refractivity contribution in [3.05, 3.63) is 23.9 Å². The van der Waals surface area contributed by atoms with Crippen LogP contribution in [0, 0.1) is 0 Å². The first-order chi connectivity index (χ1) is 7.31. The smallest absolute Gasteiger partial charge is 0.128 e. The Morgan fingerprint density at radius 1 is 1.27 bits per heavy atom. The maximum atomic E-state index is 9.06. The third-order valence-corrected chi connectivity index (χ3v) is 2.30. The average molecular weight is 208 g/mol.